The van der Waals surface area contributed by atoms with Gasteiger partial charge in [0.2, 0.25) is 5.82 Å². The second-order valence-corrected chi connectivity index (χ2v) is 4.30. The van der Waals surface area contributed by atoms with Crippen LogP contribution in [-0.4, -0.2) is 21.6 Å². The average Bonchev–Trinajstić information content (AvgIpc) is 2.89. The van der Waals surface area contributed by atoms with Gasteiger partial charge < -0.3 is 14.9 Å². The van der Waals surface area contributed by atoms with Crippen molar-refractivity contribution in [1.82, 2.24) is 9.55 Å². The number of nitro groups is 1. The van der Waals surface area contributed by atoms with E-state index in [1.165, 1.54) is 10.8 Å². The second kappa shape index (κ2) is 6.69. The molecule has 1 radical (unpaired) electrons. The molecule has 0 aliphatic carbocycles. The molecule has 1 aromatic heterocycles. The molecule has 0 N–H and O–H groups in total. The van der Waals surface area contributed by atoms with Crippen LogP contribution in [0.15, 0.2) is 30.5 Å². The normalized spacial score (nSPS) is 11.0. The van der Waals surface area contributed by atoms with Gasteiger partial charge in [-0.25, -0.2) is 4.98 Å². The molecule has 1 heterocycles. The lowest BCUT2D eigenvalue weighted by Crippen LogP contribution is -2.02. The molecule has 6 nitrogen and oxygen atoms in total. The van der Waals surface area contributed by atoms with Crippen molar-refractivity contribution in [1.29, 1.82) is 0 Å². The zero-order chi connectivity index (χ0) is 15.2. The van der Waals surface area contributed by atoms with E-state index in [0.717, 1.165) is 11.3 Å². The van der Waals surface area contributed by atoms with Crippen molar-refractivity contribution in [2.75, 3.05) is 7.11 Å². The van der Waals surface area contributed by atoms with Gasteiger partial charge in [-0.2, -0.15) is 4.57 Å². The van der Waals surface area contributed by atoms with Crippen molar-refractivity contribution < 1.29 is 9.66 Å². The Bertz CT molecular complexity index is 662. The predicted molar refractivity (Wildman–Crippen MR) is 80.8 cm³/mol. The second-order valence-electron chi connectivity index (χ2n) is 4.30. The lowest BCUT2D eigenvalue weighted by molar-refractivity contribution is -0.391. The number of hydrogen-bond acceptors (Lipinski definition) is 4. The minimum absolute atomic E-state index is 0.0397. The number of benzene rings is 1. The van der Waals surface area contributed by atoms with Gasteiger partial charge in [-0.15, -0.1) is 0 Å². The van der Waals surface area contributed by atoms with Gasteiger partial charge in [-0.3, -0.25) is 0 Å². The fourth-order valence-electron chi connectivity index (χ4n) is 1.91. The van der Waals surface area contributed by atoms with Crippen LogP contribution in [-0.2, 0) is 0 Å². The summed E-state index contributed by atoms with van der Waals surface area (Å²) in [7, 11) is 1.61. The van der Waals surface area contributed by atoms with Crippen LogP contribution < -0.4 is 4.74 Å². The van der Waals surface area contributed by atoms with Crippen molar-refractivity contribution in [2.45, 2.75) is 13.3 Å². The molecule has 21 heavy (non-hydrogen) atoms. The Hall–Kier alpha value is -2.63. The summed E-state index contributed by atoms with van der Waals surface area (Å²) < 4.78 is 6.64. The van der Waals surface area contributed by atoms with Gasteiger partial charge >= 0.3 is 5.82 Å². The average molecular weight is 286 g/mol. The Morgan fingerprint density at radius 1 is 1.43 bits per heavy atom. The molecule has 6 heteroatoms. The van der Waals surface area contributed by atoms with Crippen LogP contribution in [0.25, 0.3) is 12.2 Å². The molecule has 1 aromatic carbocycles. The van der Waals surface area contributed by atoms with Crippen molar-refractivity contribution in [3.8, 4) is 5.75 Å². The number of methoxy groups -OCH3 is 1. The van der Waals surface area contributed by atoms with Crippen LogP contribution in [0.4, 0.5) is 5.82 Å². The zero-order valence-corrected chi connectivity index (χ0v) is 11.9. The van der Waals surface area contributed by atoms with Crippen LogP contribution in [0.3, 0.4) is 0 Å². The minimum atomic E-state index is -0.442. The third-order valence-corrected chi connectivity index (χ3v) is 2.88. The molecule has 2 rings (SSSR count). The predicted octanol–water partition coefficient (Wildman–Crippen LogP) is 3.39. The summed E-state index contributed by atoms with van der Waals surface area (Å²) in [6, 6.07) is 7.53. The molecule has 0 aliphatic rings. The molecule has 0 spiro atoms. The molecule has 0 saturated heterocycles. The van der Waals surface area contributed by atoms with Crippen molar-refractivity contribution in [2.24, 2.45) is 0 Å². The first-order valence-corrected chi connectivity index (χ1v) is 6.52. The number of hydrogen-bond donors (Lipinski definition) is 0. The molecule has 0 atom stereocenters. The first-order valence-electron chi connectivity index (χ1n) is 6.52. The highest BCUT2D eigenvalue weighted by Crippen LogP contribution is 2.19. The molecule has 109 valence electrons. The summed E-state index contributed by atoms with van der Waals surface area (Å²) in [5, 5.41) is 11.0. The zero-order valence-electron chi connectivity index (χ0n) is 11.9. The van der Waals surface area contributed by atoms with Crippen molar-refractivity contribution >= 4 is 18.0 Å². The molecular weight excluding hydrogens is 270 g/mol. The van der Waals surface area contributed by atoms with Crippen molar-refractivity contribution in [3.05, 3.63) is 58.5 Å². The molecule has 0 unspecified atom stereocenters. The van der Waals surface area contributed by atoms with Gasteiger partial charge in [0.25, 0.3) is 0 Å². The van der Waals surface area contributed by atoms with Gasteiger partial charge in [-0.1, -0.05) is 19.1 Å². The largest absolute Gasteiger partial charge is 0.497 e. The summed E-state index contributed by atoms with van der Waals surface area (Å²) in [4.78, 5) is 14.6. The van der Waals surface area contributed by atoms with E-state index < -0.39 is 4.92 Å². The van der Waals surface area contributed by atoms with Gasteiger partial charge in [-0.05, 0) is 35.1 Å². The summed E-state index contributed by atoms with van der Waals surface area (Å²) in [5.41, 5.74) is 0.933. The van der Waals surface area contributed by atoms with E-state index in [2.05, 4.69) is 4.98 Å². The minimum Gasteiger partial charge on any atom is -0.497 e. The van der Waals surface area contributed by atoms with Crippen LogP contribution >= 0.6 is 0 Å². The topological polar surface area (TPSA) is 70.2 Å². The molecule has 0 bridgehead atoms. The van der Waals surface area contributed by atoms with E-state index in [1.807, 2.05) is 37.3 Å². The number of rotatable bonds is 6. The maximum Gasteiger partial charge on any atom is 0.343 e. The van der Waals surface area contributed by atoms with Crippen LogP contribution in [0.5, 0.6) is 5.75 Å². The summed E-state index contributed by atoms with van der Waals surface area (Å²) in [5.74, 6) is 1.24. The molecule has 0 amide bonds. The summed E-state index contributed by atoms with van der Waals surface area (Å²) >= 11 is 0. The quantitative estimate of drug-likeness (QED) is 0.603. The van der Waals surface area contributed by atoms with Gasteiger partial charge in [0.05, 0.1) is 7.11 Å². The Morgan fingerprint density at radius 3 is 2.90 bits per heavy atom. The Labute approximate surface area is 122 Å². The summed E-state index contributed by atoms with van der Waals surface area (Å²) in [6.07, 6.45) is 5.52. The number of imidazole rings is 1. The van der Waals surface area contributed by atoms with E-state index in [1.54, 1.807) is 19.7 Å². The number of aromatic nitrogens is 2. The van der Waals surface area contributed by atoms with Gasteiger partial charge in [0.15, 0.2) is 0 Å². The smallest absolute Gasteiger partial charge is 0.343 e. The van der Waals surface area contributed by atoms with E-state index in [9.17, 15) is 10.1 Å². The standard InChI is InChI=1S/C15H16N3O3/c1-3-9-17-14(16-11-15(17)18(19)20)8-7-12-5-4-6-13(10-12)21-2/h4-11H,3H2,1-2H3. The fourth-order valence-corrected chi connectivity index (χ4v) is 1.91. The Kier molecular flexibility index (Phi) is 4.71. The highest BCUT2D eigenvalue weighted by atomic mass is 16.6. The molecule has 0 aliphatic heterocycles. The van der Waals surface area contributed by atoms with E-state index >= 15 is 0 Å². The lowest BCUT2D eigenvalue weighted by atomic mass is 10.2. The number of ether oxygens (including phenoxy) is 1. The third-order valence-electron chi connectivity index (χ3n) is 2.88. The first-order chi connectivity index (χ1) is 10.2. The first kappa shape index (κ1) is 14.8. The molecule has 2 aromatic rings. The monoisotopic (exact) mass is 286 g/mol. The summed E-state index contributed by atoms with van der Waals surface area (Å²) in [6.45, 7) is 3.65. The number of nitrogens with zero attached hydrogens (tertiary/aromatic N) is 3. The van der Waals surface area contributed by atoms with Crippen LogP contribution in [0.2, 0.25) is 0 Å². The van der Waals surface area contributed by atoms with Crippen LogP contribution in [0, 0.1) is 16.7 Å². The van der Waals surface area contributed by atoms with Crippen molar-refractivity contribution in [3.63, 3.8) is 0 Å². The SMILES string of the molecule is CC[CH]n1c([N+](=O)[O-])cnc1C=Cc1cccc(OC)c1. The fraction of sp³-hybridized carbons (Fsp3) is 0.200. The van der Waals surface area contributed by atoms with E-state index in [0.29, 0.717) is 12.2 Å². The molecular formula is C15H16N3O3. The van der Waals surface area contributed by atoms with E-state index in [4.69, 9.17) is 4.74 Å². The molecule has 0 saturated carbocycles. The van der Waals surface area contributed by atoms with Crippen LogP contribution in [0.1, 0.15) is 24.7 Å². The molecule has 0 fully saturated rings. The van der Waals surface area contributed by atoms with E-state index in [-0.39, 0.29) is 5.82 Å². The highest BCUT2D eigenvalue weighted by molar-refractivity contribution is 5.68. The van der Waals surface area contributed by atoms with Gasteiger partial charge in [0.1, 0.15) is 18.5 Å². The maximum absolute atomic E-state index is 11.0. The Balaban J connectivity index is 2.29. The lowest BCUT2D eigenvalue weighted by Gasteiger charge is -2.01. The maximum atomic E-state index is 11.0. The third kappa shape index (κ3) is 3.47. The highest BCUT2D eigenvalue weighted by Gasteiger charge is 2.17. The van der Waals surface area contributed by atoms with Gasteiger partial charge in [0, 0.05) is 6.08 Å². The Morgan fingerprint density at radius 2 is 2.24 bits per heavy atom.